The van der Waals surface area contributed by atoms with Crippen molar-refractivity contribution in [3.8, 4) is 0 Å². The number of nitrogens with zero attached hydrogens (tertiary/aromatic N) is 2. The number of hydrogen-bond donors (Lipinski definition) is 1. The lowest BCUT2D eigenvalue weighted by Crippen LogP contribution is -2.45. The maximum absolute atomic E-state index is 6.00. The zero-order valence-electron chi connectivity index (χ0n) is 10.3. The van der Waals surface area contributed by atoms with Crippen molar-refractivity contribution < 1.29 is 0 Å². The highest BCUT2D eigenvalue weighted by Gasteiger charge is 2.16. The van der Waals surface area contributed by atoms with E-state index < -0.39 is 0 Å². The van der Waals surface area contributed by atoms with Crippen LogP contribution in [0.3, 0.4) is 0 Å². The van der Waals surface area contributed by atoms with E-state index in [0.717, 1.165) is 55.5 Å². The molecule has 0 saturated carbocycles. The fourth-order valence-corrected chi connectivity index (χ4v) is 2.41. The fraction of sp³-hybridized carbons (Fsp3) is 0.538. The third kappa shape index (κ3) is 3.35. The number of nitrogens with two attached hydrogens (primary N) is 1. The third-order valence-corrected chi connectivity index (χ3v) is 3.65. The van der Waals surface area contributed by atoms with Crippen molar-refractivity contribution in [3.63, 3.8) is 0 Å². The van der Waals surface area contributed by atoms with Gasteiger partial charge in [0.15, 0.2) is 0 Å². The van der Waals surface area contributed by atoms with Crippen LogP contribution in [0.2, 0.25) is 5.02 Å². The van der Waals surface area contributed by atoms with Crippen LogP contribution < -0.4 is 5.73 Å². The Kier molecular flexibility index (Phi) is 4.26. The SMILES string of the molecule is CCN1CCN(Cc2cc(Cl)ccc2N)CC1. The molecule has 4 heteroatoms. The van der Waals surface area contributed by atoms with Crippen LogP contribution in [0.5, 0.6) is 0 Å². The van der Waals surface area contributed by atoms with Crippen molar-refractivity contribution in [1.82, 2.24) is 9.80 Å². The highest BCUT2D eigenvalue weighted by atomic mass is 35.5. The van der Waals surface area contributed by atoms with Crippen LogP contribution in [0.4, 0.5) is 5.69 Å². The van der Waals surface area contributed by atoms with Gasteiger partial charge in [0, 0.05) is 43.4 Å². The molecule has 1 aliphatic rings. The molecule has 0 amide bonds. The van der Waals surface area contributed by atoms with E-state index in [1.807, 2.05) is 18.2 Å². The Bertz CT molecular complexity index is 373. The molecular weight excluding hydrogens is 234 g/mol. The summed E-state index contributed by atoms with van der Waals surface area (Å²) >= 11 is 6.00. The van der Waals surface area contributed by atoms with Gasteiger partial charge in [-0.25, -0.2) is 0 Å². The summed E-state index contributed by atoms with van der Waals surface area (Å²) in [4.78, 5) is 4.91. The average Bonchev–Trinajstić information content (AvgIpc) is 2.35. The van der Waals surface area contributed by atoms with Gasteiger partial charge in [0.1, 0.15) is 0 Å². The summed E-state index contributed by atoms with van der Waals surface area (Å²) in [6, 6.07) is 5.71. The van der Waals surface area contributed by atoms with Crippen molar-refractivity contribution in [3.05, 3.63) is 28.8 Å². The number of rotatable bonds is 3. The second-order valence-corrected chi connectivity index (χ2v) is 4.99. The number of nitrogen functional groups attached to an aromatic ring is 1. The Labute approximate surface area is 108 Å². The van der Waals surface area contributed by atoms with E-state index in [9.17, 15) is 0 Å². The van der Waals surface area contributed by atoms with E-state index in [0.29, 0.717) is 0 Å². The third-order valence-electron chi connectivity index (χ3n) is 3.41. The van der Waals surface area contributed by atoms with Gasteiger partial charge in [0.25, 0.3) is 0 Å². The molecule has 0 aromatic heterocycles. The Balaban J connectivity index is 1.95. The molecule has 2 rings (SSSR count). The van der Waals surface area contributed by atoms with Gasteiger partial charge in [-0.05, 0) is 30.3 Å². The van der Waals surface area contributed by atoms with E-state index in [1.165, 1.54) is 0 Å². The lowest BCUT2D eigenvalue weighted by Gasteiger charge is -2.34. The van der Waals surface area contributed by atoms with Gasteiger partial charge >= 0.3 is 0 Å². The highest BCUT2D eigenvalue weighted by Crippen LogP contribution is 2.20. The minimum absolute atomic E-state index is 0.765. The molecule has 0 bridgehead atoms. The van der Waals surface area contributed by atoms with Gasteiger partial charge in [-0.2, -0.15) is 0 Å². The quantitative estimate of drug-likeness (QED) is 0.837. The van der Waals surface area contributed by atoms with E-state index >= 15 is 0 Å². The van der Waals surface area contributed by atoms with Gasteiger partial charge in [-0.1, -0.05) is 18.5 Å². The lowest BCUT2D eigenvalue weighted by molar-refractivity contribution is 0.132. The predicted molar refractivity (Wildman–Crippen MR) is 73.3 cm³/mol. The fourth-order valence-electron chi connectivity index (χ4n) is 2.22. The average molecular weight is 254 g/mol. The van der Waals surface area contributed by atoms with Gasteiger partial charge < -0.3 is 10.6 Å². The van der Waals surface area contributed by atoms with Gasteiger partial charge in [0.05, 0.1) is 0 Å². The largest absolute Gasteiger partial charge is 0.398 e. The summed E-state index contributed by atoms with van der Waals surface area (Å²) in [5.74, 6) is 0. The molecule has 0 unspecified atom stereocenters. The van der Waals surface area contributed by atoms with Crippen LogP contribution in [0.25, 0.3) is 0 Å². The summed E-state index contributed by atoms with van der Waals surface area (Å²) < 4.78 is 0. The first-order valence-electron chi connectivity index (χ1n) is 6.17. The smallest absolute Gasteiger partial charge is 0.0410 e. The Morgan fingerprint density at radius 3 is 2.47 bits per heavy atom. The second kappa shape index (κ2) is 5.71. The first kappa shape index (κ1) is 12.7. The molecule has 1 heterocycles. The van der Waals surface area contributed by atoms with Gasteiger partial charge in [0.2, 0.25) is 0 Å². The summed E-state index contributed by atoms with van der Waals surface area (Å²) in [5.41, 5.74) is 7.95. The van der Waals surface area contributed by atoms with E-state index in [2.05, 4.69) is 16.7 Å². The molecule has 0 aliphatic carbocycles. The van der Waals surface area contributed by atoms with Gasteiger partial charge in [-0.3, -0.25) is 4.90 Å². The lowest BCUT2D eigenvalue weighted by atomic mass is 10.1. The summed E-state index contributed by atoms with van der Waals surface area (Å²) in [7, 11) is 0. The molecule has 17 heavy (non-hydrogen) atoms. The second-order valence-electron chi connectivity index (χ2n) is 4.55. The molecule has 0 radical (unpaired) electrons. The summed E-state index contributed by atoms with van der Waals surface area (Å²) in [6.07, 6.45) is 0. The zero-order chi connectivity index (χ0) is 12.3. The van der Waals surface area contributed by atoms with E-state index in [1.54, 1.807) is 0 Å². The Hall–Kier alpha value is -0.770. The van der Waals surface area contributed by atoms with Crippen molar-refractivity contribution in [1.29, 1.82) is 0 Å². The first-order chi connectivity index (χ1) is 8.19. The molecule has 2 N–H and O–H groups in total. The van der Waals surface area contributed by atoms with Crippen LogP contribution in [-0.2, 0) is 6.54 Å². The Morgan fingerprint density at radius 1 is 1.18 bits per heavy atom. The topological polar surface area (TPSA) is 32.5 Å². The molecule has 0 spiro atoms. The van der Waals surface area contributed by atoms with Crippen molar-refractivity contribution >= 4 is 17.3 Å². The molecule has 1 aliphatic heterocycles. The predicted octanol–water partition coefficient (Wildman–Crippen LogP) is 2.06. The van der Waals surface area contributed by atoms with E-state index in [4.69, 9.17) is 17.3 Å². The number of anilines is 1. The van der Waals surface area contributed by atoms with Crippen LogP contribution in [0.1, 0.15) is 12.5 Å². The Morgan fingerprint density at radius 2 is 1.82 bits per heavy atom. The number of piperazine rings is 1. The molecule has 1 saturated heterocycles. The van der Waals surface area contributed by atoms with Crippen LogP contribution in [0.15, 0.2) is 18.2 Å². The molecule has 0 atom stereocenters. The first-order valence-corrected chi connectivity index (χ1v) is 6.55. The van der Waals surface area contributed by atoms with Gasteiger partial charge in [-0.15, -0.1) is 0 Å². The molecular formula is C13H20ClN3. The maximum Gasteiger partial charge on any atom is 0.0410 e. The van der Waals surface area contributed by atoms with Crippen LogP contribution in [-0.4, -0.2) is 42.5 Å². The van der Waals surface area contributed by atoms with Crippen molar-refractivity contribution in [2.45, 2.75) is 13.5 Å². The summed E-state index contributed by atoms with van der Waals surface area (Å²) in [5, 5.41) is 0.765. The van der Waals surface area contributed by atoms with Crippen molar-refractivity contribution in [2.75, 3.05) is 38.5 Å². The number of benzene rings is 1. The number of likely N-dealkylation sites (N-methyl/N-ethyl adjacent to an activating group) is 1. The maximum atomic E-state index is 6.00. The van der Waals surface area contributed by atoms with E-state index in [-0.39, 0.29) is 0 Å². The minimum Gasteiger partial charge on any atom is -0.398 e. The molecule has 1 aromatic rings. The monoisotopic (exact) mass is 253 g/mol. The minimum atomic E-state index is 0.765. The van der Waals surface area contributed by atoms with Crippen LogP contribution >= 0.6 is 11.6 Å². The molecule has 3 nitrogen and oxygen atoms in total. The van der Waals surface area contributed by atoms with Crippen LogP contribution in [0, 0.1) is 0 Å². The molecule has 1 aromatic carbocycles. The number of hydrogen-bond acceptors (Lipinski definition) is 3. The highest BCUT2D eigenvalue weighted by molar-refractivity contribution is 6.30. The molecule has 94 valence electrons. The normalized spacial score (nSPS) is 18.5. The molecule has 1 fully saturated rings. The van der Waals surface area contributed by atoms with Crippen molar-refractivity contribution in [2.24, 2.45) is 0 Å². The zero-order valence-corrected chi connectivity index (χ0v) is 11.1. The standard InChI is InChI=1S/C13H20ClN3/c1-2-16-5-7-17(8-6-16)10-11-9-12(14)3-4-13(11)15/h3-4,9H,2,5-8,10,15H2,1H3. The summed E-state index contributed by atoms with van der Waals surface area (Å²) in [6.45, 7) is 8.79. The number of halogens is 1.